The Morgan fingerprint density at radius 1 is 0.872 bits per heavy atom. The van der Waals surface area contributed by atoms with E-state index in [1.807, 2.05) is 66.7 Å². The fourth-order valence-electron chi connectivity index (χ4n) is 4.24. The van der Waals surface area contributed by atoms with Gasteiger partial charge in [0.05, 0.1) is 19.8 Å². The summed E-state index contributed by atoms with van der Waals surface area (Å²) < 4.78 is 64.6. The Hall–Kier alpha value is -3.32. The fraction of sp³-hybridized carbons (Fsp3) is 0.321. The van der Waals surface area contributed by atoms with E-state index in [9.17, 15) is 17.8 Å². The van der Waals surface area contributed by atoms with Crippen LogP contribution in [-0.2, 0) is 46.8 Å². The van der Waals surface area contributed by atoms with E-state index in [0.29, 0.717) is 5.75 Å². The van der Waals surface area contributed by atoms with Crippen LogP contribution in [0.25, 0.3) is 0 Å². The summed E-state index contributed by atoms with van der Waals surface area (Å²) in [4.78, 5) is 12.2. The predicted octanol–water partition coefficient (Wildman–Crippen LogP) is 2.94. The van der Waals surface area contributed by atoms with Gasteiger partial charge in [-0.15, -0.1) is 0 Å². The second kappa shape index (κ2) is 13.7. The van der Waals surface area contributed by atoms with Crippen molar-refractivity contribution in [1.29, 1.82) is 0 Å². The second-order valence-electron chi connectivity index (χ2n) is 8.93. The molecular weight excluding hydrogens is 526 g/mol. The summed E-state index contributed by atoms with van der Waals surface area (Å²) in [6.45, 7) is 1.38. The Morgan fingerprint density at radius 2 is 1.44 bits per heavy atom. The lowest BCUT2D eigenvalue weighted by molar-refractivity contribution is -0.253. The van der Waals surface area contributed by atoms with E-state index in [1.165, 1.54) is 6.92 Å². The summed E-state index contributed by atoms with van der Waals surface area (Å²) in [5.41, 5.74) is 1.67. The molecule has 0 spiro atoms. The maximum atomic E-state index is 12.2. The molecule has 10 nitrogen and oxygen atoms in total. The van der Waals surface area contributed by atoms with Crippen molar-refractivity contribution in [3.63, 3.8) is 0 Å². The summed E-state index contributed by atoms with van der Waals surface area (Å²) in [6.07, 6.45) is -4.83. The zero-order valence-corrected chi connectivity index (χ0v) is 22.1. The first kappa shape index (κ1) is 28.7. The van der Waals surface area contributed by atoms with Crippen LogP contribution in [0.15, 0.2) is 91.0 Å². The van der Waals surface area contributed by atoms with Crippen LogP contribution in [0, 0.1) is 0 Å². The van der Waals surface area contributed by atoms with Gasteiger partial charge in [0, 0.05) is 6.92 Å². The molecule has 3 aromatic rings. The van der Waals surface area contributed by atoms with Gasteiger partial charge >= 0.3 is 0 Å². The molecule has 1 aliphatic rings. The molecule has 0 bridgehead atoms. The molecule has 1 aliphatic heterocycles. The second-order valence-corrected chi connectivity index (χ2v) is 9.94. The Morgan fingerprint density at radius 3 is 2.00 bits per heavy atom. The van der Waals surface area contributed by atoms with Gasteiger partial charge in [0.1, 0.15) is 30.1 Å². The highest BCUT2D eigenvalue weighted by Gasteiger charge is 2.50. The summed E-state index contributed by atoms with van der Waals surface area (Å²) in [5, 5.41) is 2.73. The van der Waals surface area contributed by atoms with Crippen molar-refractivity contribution < 1.29 is 40.9 Å². The molecule has 1 saturated heterocycles. The molecule has 0 saturated carbocycles. The Balaban J connectivity index is 1.65. The van der Waals surface area contributed by atoms with Gasteiger partial charge in [-0.1, -0.05) is 78.9 Å². The summed E-state index contributed by atoms with van der Waals surface area (Å²) in [7, 11) is -5.20. The van der Waals surface area contributed by atoms with Crippen LogP contribution in [0.1, 0.15) is 18.1 Å². The number of ether oxygens (including phenoxy) is 4. The maximum Gasteiger partial charge on any atom is 0.223 e. The largest absolute Gasteiger partial charge is 0.726 e. The van der Waals surface area contributed by atoms with E-state index in [-0.39, 0.29) is 19.8 Å². The van der Waals surface area contributed by atoms with E-state index in [1.54, 1.807) is 24.3 Å². The third-order valence-electron chi connectivity index (χ3n) is 5.92. The molecule has 0 radical (unpaired) electrons. The summed E-state index contributed by atoms with van der Waals surface area (Å²) in [5.74, 6) is 0.000473. The average molecular weight is 557 g/mol. The van der Waals surface area contributed by atoms with E-state index >= 15 is 0 Å². The molecule has 1 N–H and O–H groups in total. The molecule has 1 fully saturated rings. The third kappa shape index (κ3) is 8.85. The molecule has 4 rings (SSSR count). The van der Waals surface area contributed by atoms with Gasteiger partial charge in [-0.05, 0) is 23.3 Å². The maximum absolute atomic E-state index is 12.2. The van der Waals surface area contributed by atoms with Crippen molar-refractivity contribution in [2.24, 2.45) is 0 Å². The number of hydrogen-bond donors (Lipinski definition) is 1. The number of carbonyl (C=O) groups excluding carboxylic acids is 1. The standard InChI is InChI=1S/C28H31NO9S/c1-20(30)29-25-27(35-18-22-13-7-3-8-14-22)26(38-39(31,32)33)24(19-34-17-21-11-5-2-6-12-21)37-28(25)36-23-15-9-4-10-16-23/h2-16,24-28H,17-19H2,1H3,(H,29,30)(H,31,32,33)/p-1/t24?,25?,26?,27-,28+/m0/s1. The Kier molecular flexibility index (Phi) is 10.0. The van der Waals surface area contributed by atoms with Crippen LogP contribution in [0.5, 0.6) is 5.75 Å². The lowest BCUT2D eigenvalue weighted by Crippen LogP contribution is -2.67. The van der Waals surface area contributed by atoms with Crippen LogP contribution in [0.2, 0.25) is 0 Å². The SMILES string of the molecule is CC(=O)NC1[C@H](Oc2ccccc2)OC(COCc2ccccc2)C(OS(=O)(=O)[O-])[C@H]1OCc1ccccc1. The minimum atomic E-state index is -5.20. The minimum absolute atomic E-state index is 0.0377. The molecule has 5 atom stereocenters. The van der Waals surface area contributed by atoms with Gasteiger partial charge in [0.25, 0.3) is 0 Å². The first-order valence-electron chi connectivity index (χ1n) is 12.3. The van der Waals surface area contributed by atoms with Gasteiger partial charge in [-0.25, -0.2) is 8.42 Å². The quantitative estimate of drug-likeness (QED) is 0.264. The van der Waals surface area contributed by atoms with Crippen molar-refractivity contribution in [1.82, 2.24) is 5.32 Å². The molecule has 1 amide bonds. The summed E-state index contributed by atoms with van der Waals surface area (Å²) in [6, 6.07) is 26.2. The molecule has 11 heteroatoms. The number of carbonyl (C=O) groups is 1. The molecule has 0 aliphatic carbocycles. The van der Waals surface area contributed by atoms with E-state index < -0.39 is 46.9 Å². The Bertz CT molecular complexity index is 1280. The zero-order valence-electron chi connectivity index (χ0n) is 21.3. The third-order valence-corrected chi connectivity index (χ3v) is 6.38. The monoisotopic (exact) mass is 556 g/mol. The topological polar surface area (TPSA) is 132 Å². The smallest absolute Gasteiger partial charge is 0.223 e. The number of para-hydroxylation sites is 1. The van der Waals surface area contributed by atoms with Crippen molar-refractivity contribution in [2.75, 3.05) is 6.61 Å². The van der Waals surface area contributed by atoms with Crippen LogP contribution in [-0.4, -0.2) is 56.1 Å². The number of amides is 1. The highest BCUT2D eigenvalue weighted by Crippen LogP contribution is 2.30. The predicted molar refractivity (Wildman–Crippen MR) is 139 cm³/mol. The van der Waals surface area contributed by atoms with Gasteiger partial charge in [0.2, 0.25) is 22.6 Å². The molecular formula is C28H30NO9S-. The number of rotatable bonds is 12. The normalized spacial score (nSPS) is 23.2. The van der Waals surface area contributed by atoms with Gasteiger partial charge in [-0.3, -0.25) is 8.98 Å². The number of hydrogen-bond acceptors (Lipinski definition) is 9. The van der Waals surface area contributed by atoms with Crippen LogP contribution >= 0.6 is 0 Å². The van der Waals surface area contributed by atoms with Crippen molar-refractivity contribution in [2.45, 2.75) is 50.8 Å². The Labute approximate surface area is 227 Å². The molecule has 39 heavy (non-hydrogen) atoms. The minimum Gasteiger partial charge on any atom is -0.726 e. The van der Waals surface area contributed by atoms with Crippen molar-refractivity contribution >= 4 is 16.3 Å². The zero-order chi connectivity index (χ0) is 27.7. The highest BCUT2D eigenvalue weighted by molar-refractivity contribution is 7.80. The number of benzene rings is 3. The number of nitrogens with one attached hydrogen (secondary N) is 1. The average Bonchev–Trinajstić information content (AvgIpc) is 2.91. The molecule has 1 heterocycles. The summed E-state index contributed by atoms with van der Waals surface area (Å²) >= 11 is 0. The van der Waals surface area contributed by atoms with E-state index in [2.05, 4.69) is 5.32 Å². The van der Waals surface area contributed by atoms with Crippen LogP contribution < -0.4 is 10.1 Å². The highest BCUT2D eigenvalue weighted by atomic mass is 32.3. The van der Waals surface area contributed by atoms with Crippen LogP contribution in [0.4, 0.5) is 0 Å². The van der Waals surface area contributed by atoms with Gasteiger partial charge in [-0.2, -0.15) is 0 Å². The van der Waals surface area contributed by atoms with Crippen LogP contribution in [0.3, 0.4) is 0 Å². The van der Waals surface area contributed by atoms with Crippen molar-refractivity contribution in [3.05, 3.63) is 102 Å². The molecule has 208 valence electrons. The fourth-order valence-corrected chi connectivity index (χ4v) is 4.75. The lowest BCUT2D eigenvalue weighted by Gasteiger charge is -2.45. The first-order chi connectivity index (χ1) is 18.8. The van der Waals surface area contributed by atoms with Crippen molar-refractivity contribution in [3.8, 4) is 5.75 Å². The molecule has 3 aromatic carbocycles. The van der Waals surface area contributed by atoms with E-state index in [0.717, 1.165) is 11.1 Å². The first-order valence-corrected chi connectivity index (χ1v) is 13.7. The van der Waals surface area contributed by atoms with Gasteiger partial charge < -0.3 is 28.8 Å². The van der Waals surface area contributed by atoms with Gasteiger partial charge in [0.15, 0.2) is 0 Å². The van der Waals surface area contributed by atoms with E-state index in [4.69, 9.17) is 23.1 Å². The lowest BCUT2D eigenvalue weighted by atomic mass is 9.96. The molecule has 0 aromatic heterocycles. The molecule has 3 unspecified atom stereocenters.